The van der Waals surface area contributed by atoms with E-state index < -0.39 is 18.3 Å². The van der Waals surface area contributed by atoms with E-state index in [2.05, 4.69) is 4.98 Å². The SMILES string of the molecule is CC(CCc1nccs1)=C(F)B1OC(C)(C)C(C)(C)O1. The third-order valence-electron chi connectivity index (χ3n) is 4.07. The molecule has 0 unspecified atom stereocenters. The van der Waals surface area contributed by atoms with Crippen LogP contribution in [0.4, 0.5) is 4.39 Å². The molecule has 0 aromatic carbocycles. The van der Waals surface area contributed by atoms with E-state index in [9.17, 15) is 4.39 Å². The first-order valence-corrected chi connectivity index (χ1v) is 7.70. The number of aromatic nitrogens is 1. The van der Waals surface area contributed by atoms with Gasteiger partial charge in [0.1, 0.15) is 5.73 Å². The molecule has 0 N–H and O–H groups in total. The first-order valence-electron chi connectivity index (χ1n) is 6.82. The summed E-state index contributed by atoms with van der Waals surface area (Å²) in [6.07, 6.45) is 3.14. The molecule has 0 radical (unpaired) electrons. The average Bonchev–Trinajstić information content (AvgIpc) is 2.92. The quantitative estimate of drug-likeness (QED) is 0.789. The number of nitrogens with zero attached hydrogens (tertiary/aromatic N) is 1. The van der Waals surface area contributed by atoms with Gasteiger partial charge in [-0.25, -0.2) is 9.37 Å². The molecule has 2 heterocycles. The Bertz CT molecular complexity index is 483. The van der Waals surface area contributed by atoms with E-state index in [4.69, 9.17) is 9.31 Å². The van der Waals surface area contributed by atoms with Crippen molar-refractivity contribution in [2.75, 3.05) is 0 Å². The van der Waals surface area contributed by atoms with Crippen LogP contribution >= 0.6 is 11.3 Å². The zero-order valence-electron chi connectivity index (χ0n) is 12.7. The molecule has 6 heteroatoms. The molecule has 0 bridgehead atoms. The van der Waals surface area contributed by atoms with E-state index in [0.717, 1.165) is 11.4 Å². The molecule has 0 spiro atoms. The normalized spacial score (nSPS) is 22.0. The Morgan fingerprint density at radius 2 is 1.90 bits per heavy atom. The van der Waals surface area contributed by atoms with Crippen LogP contribution in [-0.2, 0) is 15.7 Å². The largest absolute Gasteiger partial charge is 0.525 e. The van der Waals surface area contributed by atoms with E-state index >= 15 is 0 Å². The van der Waals surface area contributed by atoms with Gasteiger partial charge in [-0.3, -0.25) is 0 Å². The Labute approximate surface area is 124 Å². The second-order valence-corrected chi connectivity index (χ2v) is 7.12. The van der Waals surface area contributed by atoms with Crippen LogP contribution in [0.3, 0.4) is 0 Å². The summed E-state index contributed by atoms with van der Waals surface area (Å²) in [5.41, 5.74) is -0.659. The average molecular weight is 297 g/mol. The maximum absolute atomic E-state index is 14.4. The zero-order chi connectivity index (χ0) is 15.0. The van der Waals surface area contributed by atoms with Crippen molar-refractivity contribution in [3.8, 4) is 0 Å². The zero-order valence-corrected chi connectivity index (χ0v) is 13.5. The summed E-state index contributed by atoms with van der Waals surface area (Å²) in [4.78, 5) is 4.20. The van der Waals surface area contributed by atoms with Crippen LogP contribution in [0.15, 0.2) is 22.9 Å². The maximum atomic E-state index is 14.4. The van der Waals surface area contributed by atoms with E-state index in [1.54, 1.807) is 24.5 Å². The Hall–Kier alpha value is -0.715. The predicted octanol–water partition coefficient (Wildman–Crippen LogP) is 3.95. The molecule has 20 heavy (non-hydrogen) atoms. The van der Waals surface area contributed by atoms with Gasteiger partial charge >= 0.3 is 7.12 Å². The van der Waals surface area contributed by atoms with Crippen LogP contribution in [0.25, 0.3) is 0 Å². The molecular weight excluding hydrogens is 276 g/mol. The fourth-order valence-corrected chi connectivity index (χ4v) is 2.56. The number of thiazole rings is 1. The molecule has 1 saturated heterocycles. The number of aryl methyl sites for hydroxylation is 1. The number of rotatable bonds is 4. The minimum atomic E-state index is -0.892. The molecule has 1 aliphatic heterocycles. The standard InChI is InChI=1S/C14H21BFNO2S/c1-10(6-7-11-17-8-9-20-11)12(16)15-18-13(2,3)14(4,5)19-15/h8-9H,6-7H2,1-5H3. The van der Waals surface area contributed by atoms with Gasteiger partial charge in [0.15, 0.2) is 0 Å². The highest BCUT2D eigenvalue weighted by Gasteiger charge is 2.53. The number of allylic oxidation sites excluding steroid dienone is 1. The maximum Gasteiger partial charge on any atom is 0.525 e. The first kappa shape index (κ1) is 15.7. The predicted molar refractivity (Wildman–Crippen MR) is 80.3 cm³/mol. The van der Waals surface area contributed by atoms with Crippen molar-refractivity contribution in [3.05, 3.63) is 27.9 Å². The molecule has 1 aliphatic rings. The molecule has 1 aromatic heterocycles. The number of halogens is 1. The lowest BCUT2D eigenvalue weighted by Gasteiger charge is -2.32. The van der Waals surface area contributed by atoms with Crippen LogP contribution in [0.2, 0.25) is 0 Å². The van der Waals surface area contributed by atoms with Crippen molar-refractivity contribution in [2.24, 2.45) is 0 Å². The Morgan fingerprint density at radius 1 is 1.30 bits per heavy atom. The van der Waals surface area contributed by atoms with Gasteiger partial charge < -0.3 is 9.31 Å². The first-order chi connectivity index (χ1) is 9.23. The lowest BCUT2D eigenvalue weighted by molar-refractivity contribution is 0.00578. The molecule has 3 nitrogen and oxygen atoms in total. The van der Waals surface area contributed by atoms with Crippen LogP contribution in [-0.4, -0.2) is 23.3 Å². The fourth-order valence-electron chi connectivity index (χ4n) is 1.94. The highest BCUT2D eigenvalue weighted by molar-refractivity contribution is 7.09. The van der Waals surface area contributed by atoms with Gasteiger partial charge in [-0.2, -0.15) is 0 Å². The third-order valence-corrected chi connectivity index (χ3v) is 4.90. The van der Waals surface area contributed by atoms with Crippen LogP contribution < -0.4 is 0 Å². The number of hydrogen-bond donors (Lipinski definition) is 0. The highest BCUT2D eigenvalue weighted by Crippen LogP contribution is 2.39. The minimum Gasteiger partial charge on any atom is -0.398 e. The van der Waals surface area contributed by atoms with Crippen molar-refractivity contribution in [1.82, 2.24) is 4.98 Å². The fraction of sp³-hybridized carbons (Fsp3) is 0.643. The summed E-state index contributed by atoms with van der Waals surface area (Å²) in [7, 11) is -0.892. The number of hydrogen-bond acceptors (Lipinski definition) is 4. The summed E-state index contributed by atoms with van der Waals surface area (Å²) in [5, 5.41) is 2.95. The summed E-state index contributed by atoms with van der Waals surface area (Å²) < 4.78 is 25.9. The van der Waals surface area contributed by atoms with Crippen molar-refractivity contribution in [3.63, 3.8) is 0 Å². The molecular formula is C14H21BFNO2S. The molecule has 0 saturated carbocycles. The van der Waals surface area contributed by atoms with Crippen molar-refractivity contribution in [1.29, 1.82) is 0 Å². The second kappa shape index (κ2) is 5.58. The van der Waals surface area contributed by atoms with Gasteiger partial charge in [0.25, 0.3) is 0 Å². The highest BCUT2D eigenvalue weighted by atomic mass is 32.1. The molecule has 0 atom stereocenters. The Balaban J connectivity index is 2.03. The van der Waals surface area contributed by atoms with E-state index in [1.165, 1.54) is 0 Å². The van der Waals surface area contributed by atoms with E-state index in [0.29, 0.717) is 12.0 Å². The Morgan fingerprint density at radius 3 is 2.40 bits per heavy atom. The van der Waals surface area contributed by atoms with Crippen molar-refractivity contribution >= 4 is 18.5 Å². The van der Waals surface area contributed by atoms with E-state index in [-0.39, 0.29) is 5.73 Å². The van der Waals surface area contributed by atoms with Gasteiger partial charge in [0.05, 0.1) is 16.2 Å². The van der Waals surface area contributed by atoms with Crippen LogP contribution in [0.5, 0.6) is 0 Å². The van der Waals surface area contributed by atoms with E-state index in [1.807, 2.05) is 33.1 Å². The third kappa shape index (κ3) is 3.13. The van der Waals surface area contributed by atoms with Crippen molar-refractivity contribution in [2.45, 2.75) is 58.7 Å². The molecule has 2 rings (SSSR count). The van der Waals surface area contributed by atoms with Gasteiger partial charge in [-0.1, -0.05) is 0 Å². The lowest BCUT2D eigenvalue weighted by atomic mass is 9.84. The minimum absolute atomic E-state index is 0.305. The van der Waals surface area contributed by atoms with Gasteiger partial charge in [0, 0.05) is 18.0 Å². The van der Waals surface area contributed by atoms with Gasteiger partial charge in [0.2, 0.25) is 0 Å². The summed E-state index contributed by atoms with van der Waals surface area (Å²) in [5.74, 6) is 0. The summed E-state index contributed by atoms with van der Waals surface area (Å²) in [6.45, 7) is 9.47. The van der Waals surface area contributed by atoms with Crippen LogP contribution in [0.1, 0.15) is 46.0 Å². The van der Waals surface area contributed by atoms with Crippen molar-refractivity contribution < 1.29 is 13.7 Å². The molecule has 110 valence electrons. The second-order valence-electron chi connectivity index (χ2n) is 6.14. The Kier molecular flexibility index (Phi) is 4.37. The summed E-state index contributed by atoms with van der Waals surface area (Å²) in [6, 6.07) is 0. The smallest absolute Gasteiger partial charge is 0.398 e. The van der Waals surface area contributed by atoms with Gasteiger partial charge in [-0.15, -0.1) is 11.3 Å². The van der Waals surface area contributed by atoms with Crippen LogP contribution in [0, 0.1) is 0 Å². The lowest BCUT2D eigenvalue weighted by Crippen LogP contribution is -2.41. The molecule has 0 aliphatic carbocycles. The summed E-state index contributed by atoms with van der Waals surface area (Å²) >= 11 is 1.59. The topological polar surface area (TPSA) is 31.4 Å². The molecule has 1 fully saturated rings. The monoisotopic (exact) mass is 297 g/mol. The molecule has 0 amide bonds. The molecule has 1 aromatic rings. The van der Waals surface area contributed by atoms with Gasteiger partial charge in [-0.05, 0) is 46.6 Å².